The van der Waals surface area contributed by atoms with Gasteiger partial charge in [-0.3, -0.25) is 0 Å². The minimum absolute atomic E-state index is 0.204. The third-order valence-electron chi connectivity index (χ3n) is 3.10. The molecule has 5 heteroatoms. The number of halogens is 3. The Balaban J connectivity index is 1.78. The standard InChI is InChI=1S/C15H11F3N2/c16-12-6-11(7-13(17)15(12)18)20-8-9-1-2-14-10(5-9)3-4-19-14/h1-7,19-20H,8H2. The molecule has 0 bridgehead atoms. The second-order valence-corrected chi connectivity index (χ2v) is 4.51. The summed E-state index contributed by atoms with van der Waals surface area (Å²) in [6.07, 6.45) is 1.84. The van der Waals surface area contributed by atoms with Crippen LogP contribution >= 0.6 is 0 Å². The van der Waals surface area contributed by atoms with Crippen LogP contribution in [0, 0.1) is 17.5 Å². The minimum atomic E-state index is -1.45. The number of hydrogen-bond acceptors (Lipinski definition) is 1. The van der Waals surface area contributed by atoms with Gasteiger partial charge >= 0.3 is 0 Å². The van der Waals surface area contributed by atoms with Crippen LogP contribution in [0.2, 0.25) is 0 Å². The Kier molecular flexibility index (Phi) is 3.10. The van der Waals surface area contributed by atoms with E-state index in [1.54, 1.807) is 0 Å². The van der Waals surface area contributed by atoms with Gasteiger partial charge in [0.2, 0.25) is 0 Å². The zero-order valence-electron chi connectivity index (χ0n) is 10.4. The summed E-state index contributed by atoms with van der Waals surface area (Å²) >= 11 is 0. The van der Waals surface area contributed by atoms with Crippen LogP contribution < -0.4 is 5.32 Å². The number of hydrogen-bond donors (Lipinski definition) is 2. The molecule has 2 nitrogen and oxygen atoms in total. The molecule has 0 spiro atoms. The van der Waals surface area contributed by atoms with Gasteiger partial charge in [0.25, 0.3) is 0 Å². The van der Waals surface area contributed by atoms with Crippen LogP contribution in [-0.4, -0.2) is 4.98 Å². The van der Waals surface area contributed by atoms with Gasteiger partial charge in [-0.25, -0.2) is 13.2 Å². The van der Waals surface area contributed by atoms with E-state index in [9.17, 15) is 13.2 Å². The predicted octanol–water partition coefficient (Wildman–Crippen LogP) is 4.20. The number of nitrogens with one attached hydrogen (secondary N) is 2. The maximum atomic E-state index is 13.1. The van der Waals surface area contributed by atoms with Crippen molar-refractivity contribution in [2.75, 3.05) is 5.32 Å². The molecule has 20 heavy (non-hydrogen) atoms. The number of rotatable bonds is 3. The van der Waals surface area contributed by atoms with Gasteiger partial charge in [-0.1, -0.05) is 6.07 Å². The smallest absolute Gasteiger partial charge is 0.194 e. The lowest BCUT2D eigenvalue weighted by Crippen LogP contribution is -2.01. The zero-order valence-corrected chi connectivity index (χ0v) is 10.4. The van der Waals surface area contributed by atoms with Gasteiger partial charge < -0.3 is 10.3 Å². The fourth-order valence-corrected chi connectivity index (χ4v) is 2.07. The van der Waals surface area contributed by atoms with E-state index in [1.807, 2.05) is 30.5 Å². The number of anilines is 1. The SMILES string of the molecule is Fc1cc(NCc2ccc3[nH]ccc3c2)cc(F)c1F. The first kappa shape index (κ1) is 12.6. The van der Waals surface area contributed by atoms with Crippen molar-refractivity contribution in [2.45, 2.75) is 6.54 Å². The normalized spacial score (nSPS) is 10.9. The third-order valence-corrected chi connectivity index (χ3v) is 3.10. The Morgan fingerprint density at radius 3 is 2.45 bits per heavy atom. The molecule has 1 aromatic heterocycles. The molecule has 0 saturated heterocycles. The molecule has 3 rings (SSSR count). The summed E-state index contributed by atoms with van der Waals surface area (Å²) in [6.45, 7) is 0.394. The Labute approximate surface area is 113 Å². The molecule has 0 aliphatic carbocycles. The molecule has 0 aliphatic rings. The Hall–Kier alpha value is -2.43. The molecule has 0 atom stereocenters. The van der Waals surface area contributed by atoms with Crippen LogP contribution in [0.1, 0.15) is 5.56 Å². The molecule has 0 saturated carbocycles. The van der Waals surface area contributed by atoms with Gasteiger partial charge in [0.1, 0.15) is 0 Å². The zero-order chi connectivity index (χ0) is 14.1. The molecule has 2 N–H and O–H groups in total. The van der Waals surface area contributed by atoms with Crippen molar-refractivity contribution >= 4 is 16.6 Å². The summed E-state index contributed by atoms with van der Waals surface area (Å²) < 4.78 is 39.0. The van der Waals surface area contributed by atoms with Crippen molar-refractivity contribution in [3.63, 3.8) is 0 Å². The lowest BCUT2D eigenvalue weighted by molar-refractivity contribution is 0.447. The lowest BCUT2D eigenvalue weighted by Gasteiger charge is -2.08. The second kappa shape index (κ2) is 4.92. The van der Waals surface area contributed by atoms with E-state index in [-0.39, 0.29) is 5.69 Å². The molecular weight excluding hydrogens is 265 g/mol. The van der Waals surface area contributed by atoms with Gasteiger partial charge in [-0.05, 0) is 29.1 Å². The Bertz CT molecular complexity index is 742. The van der Waals surface area contributed by atoms with E-state index >= 15 is 0 Å². The van der Waals surface area contributed by atoms with Crippen LogP contribution in [0.5, 0.6) is 0 Å². The van der Waals surface area contributed by atoms with Gasteiger partial charge in [0.15, 0.2) is 17.5 Å². The molecule has 3 aromatic rings. The summed E-state index contributed by atoms with van der Waals surface area (Å²) in [5.74, 6) is -3.86. The quantitative estimate of drug-likeness (QED) is 0.689. The van der Waals surface area contributed by atoms with Gasteiger partial charge in [-0.2, -0.15) is 0 Å². The van der Waals surface area contributed by atoms with Crippen molar-refractivity contribution in [2.24, 2.45) is 0 Å². The van der Waals surface area contributed by atoms with Gasteiger partial charge in [-0.15, -0.1) is 0 Å². The summed E-state index contributed by atoms with van der Waals surface area (Å²) in [5, 5.41) is 3.93. The van der Waals surface area contributed by atoms with Gasteiger partial charge in [0.05, 0.1) is 0 Å². The molecule has 0 amide bonds. The van der Waals surface area contributed by atoms with Crippen molar-refractivity contribution in [1.29, 1.82) is 0 Å². The van der Waals surface area contributed by atoms with Crippen LogP contribution in [0.25, 0.3) is 10.9 Å². The van der Waals surface area contributed by atoms with E-state index < -0.39 is 17.5 Å². The first-order valence-corrected chi connectivity index (χ1v) is 6.08. The predicted molar refractivity (Wildman–Crippen MR) is 71.9 cm³/mol. The first-order chi connectivity index (χ1) is 9.63. The average Bonchev–Trinajstić information content (AvgIpc) is 2.89. The van der Waals surface area contributed by atoms with Crippen molar-refractivity contribution in [3.8, 4) is 0 Å². The van der Waals surface area contributed by atoms with E-state index in [2.05, 4.69) is 10.3 Å². The molecule has 0 aliphatic heterocycles. The molecular formula is C15H11F3N2. The maximum absolute atomic E-state index is 13.1. The molecule has 0 unspecified atom stereocenters. The Morgan fingerprint density at radius 2 is 1.70 bits per heavy atom. The van der Waals surface area contributed by atoms with Crippen LogP contribution in [-0.2, 0) is 6.54 Å². The summed E-state index contributed by atoms with van der Waals surface area (Å²) in [6, 6.07) is 9.62. The third kappa shape index (κ3) is 2.34. The summed E-state index contributed by atoms with van der Waals surface area (Å²) in [4.78, 5) is 3.08. The lowest BCUT2D eigenvalue weighted by atomic mass is 10.1. The fourth-order valence-electron chi connectivity index (χ4n) is 2.07. The van der Waals surface area contributed by atoms with Gasteiger partial charge in [0, 0.05) is 36.1 Å². The highest BCUT2D eigenvalue weighted by Crippen LogP contribution is 2.19. The average molecular weight is 276 g/mol. The van der Waals surface area contributed by atoms with E-state index in [4.69, 9.17) is 0 Å². The fraction of sp³-hybridized carbons (Fsp3) is 0.0667. The summed E-state index contributed by atoms with van der Waals surface area (Å²) in [5.41, 5.74) is 2.19. The number of H-pyrrole nitrogens is 1. The highest BCUT2D eigenvalue weighted by molar-refractivity contribution is 5.79. The molecule has 0 radical (unpaired) electrons. The van der Waals surface area contributed by atoms with E-state index in [0.717, 1.165) is 28.6 Å². The van der Waals surface area contributed by atoms with E-state index in [0.29, 0.717) is 6.54 Å². The monoisotopic (exact) mass is 276 g/mol. The number of aromatic nitrogens is 1. The summed E-state index contributed by atoms with van der Waals surface area (Å²) in [7, 11) is 0. The van der Waals surface area contributed by atoms with Crippen molar-refractivity contribution < 1.29 is 13.2 Å². The minimum Gasteiger partial charge on any atom is -0.381 e. The molecule has 0 fully saturated rings. The topological polar surface area (TPSA) is 27.8 Å². The van der Waals surface area contributed by atoms with Crippen molar-refractivity contribution in [3.05, 3.63) is 65.6 Å². The maximum Gasteiger partial charge on any atom is 0.194 e. The molecule has 1 heterocycles. The first-order valence-electron chi connectivity index (χ1n) is 6.08. The second-order valence-electron chi connectivity index (χ2n) is 4.51. The molecule has 102 valence electrons. The van der Waals surface area contributed by atoms with Crippen molar-refractivity contribution in [1.82, 2.24) is 4.98 Å². The number of benzene rings is 2. The van der Waals surface area contributed by atoms with Crippen LogP contribution in [0.3, 0.4) is 0 Å². The highest BCUT2D eigenvalue weighted by Gasteiger charge is 2.10. The highest BCUT2D eigenvalue weighted by atomic mass is 19.2. The van der Waals surface area contributed by atoms with E-state index in [1.165, 1.54) is 0 Å². The largest absolute Gasteiger partial charge is 0.381 e. The number of fused-ring (bicyclic) bond motifs is 1. The molecule has 2 aromatic carbocycles. The number of aromatic amines is 1. The Morgan fingerprint density at radius 1 is 0.950 bits per heavy atom. The van der Waals surface area contributed by atoms with Crippen LogP contribution in [0.4, 0.5) is 18.9 Å². The van der Waals surface area contributed by atoms with Crippen LogP contribution in [0.15, 0.2) is 42.6 Å².